The van der Waals surface area contributed by atoms with Gasteiger partial charge in [0.05, 0.1) is 0 Å². The summed E-state index contributed by atoms with van der Waals surface area (Å²) in [6, 6.07) is 0. The lowest BCUT2D eigenvalue weighted by atomic mass is 10.2. The van der Waals surface area contributed by atoms with Crippen molar-refractivity contribution in [1.82, 2.24) is 20.1 Å². The molecule has 0 aromatic carbocycles. The van der Waals surface area contributed by atoms with Gasteiger partial charge in [0.1, 0.15) is 0 Å². The van der Waals surface area contributed by atoms with Crippen molar-refractivity contribution in [3.63, 3.8) is 0 Å². The molecular weight excluding hydrogens is 234 g/mol. The maximum atomic E-state index is 12.2. The number of aromatic nitrogens is 2. The van der Waals surface area contributed by atoms with Gasteiger partial charge in [-0.05, 0) is 30.3 Å². The van der Waals surface area contributed by atoms with Crippen LogP contribution in [0.15, 0.2) is 4.63 Å². The van der Waals surface area contributed by atoms with E-state index in [0.717, 1.165) is 6.54 Å². The van der Waals surface area contributed by atoms with Gasteiger partial charge in [-0.15, -0.1) is 0 Å². The van der Waals surface area contributed by atoms with Gasteiger partial charge >= 0.3 is 0 Å². The van der Waals surface area contributed by atoms with E-state index < -0.39 is 0 Å². The Morgan fingerprint density at radius 3 is 2.44 bits per heavy atom. The zero-order valence-electron chi connectivity index (χ0n) is 11.4. The summed E-state index contributed by atoms with van der Waals surface area (Å²) in [5.74, 6) is 0.181. The van der Waals surface area contributed by atoms with E-state index in [1.165, 1.54) is 0 Å². The van der Waals surface area contributed by atoms with Gasteiger partial charge in [0, 0.05) is 19.6 Å². The van der Waals surface area contributed by atoms with Crippen molar-refractivity contribution >= 4 is 11.7 Å². The fraction of sp³-hybridized carbons (Fsp3) is 0.727. The van der Waals surface area contributed by atoms with Crippen molar-refractivity contribution in [2.45, 2.75) is 13.8 Å². The molecule has 18 heavy (non-hydrogen) atoms. The normalized spacial score (nSPS) is 11.2. The van der Waals surface area contributed by atoms with Crippen LogP contribution in [0.5, 0.6) is 0 Å². The van der Waals surface area contributed by atoms with Crippen molar-refractivity contribution in [3.8, 4) is 0 Å². The topological polar surface area (TPSA) is 88.5 Å². The maximum Gasteiger partial charge on any atom is 0.280 e. The molecule has 0 radical (unpaired) electrons. The second-order valence-corrected chi connectivity index (χ2v) is 4.95. The summed E-state index contributed by atoms with van der Waals surface area (Å²) >= 11 is 0. The Kier molecular flexibility index (Phi) is 5.08. The number of carbonyl (C=O) groups is 1. The number of carbonyl (C=O) groups excluding carboxylic acids is 1. The van der Waals surface area contributed by atoms with E-state index in [1.54, 1.807) is 4.90 Å². The number of likely N-dealkylation sites (N-methyl/N-ethyl adjacent to an activating group) is 1. The molecule has 0 aliphatic heterocycles. The smallest absolute Gasteiger partial charge is 0.280 e. The van der Waals surface area contributed by atoms with Gasteiger partial charge in [-0.25, -0.2) is 4.63 Å². The molecule has 0 aliphatic carbocycles. The lowest BCUT2D eigenvalue weighted by Crippen LogP contribution is -2.39. The molecule has 7 heteroatoms. The van der Waals surface area contributed by atoms with Gasteiger partial charge in [-0.2, -0.15) is 0 Å². The first-order valence-electron chi connectivity index (χ1n) is 5.93. The monoisotopic (exact) mass is 255 g/mol. The molecule has 1 amide bonds. The van der Waals surface area contributed by atoms with Gasteiger partial charge < -0.3 is 15.5 Å². The average molecular weight is 255 g/mol. The first-order chi connectivity index (χ1) is 8.41. The molecule has 0 spiro atoms. The van der Waals surface area contributed by atoms with Gasteiger partial charge in [-0.3, -0.25) is 4.79 Å². The van der Waals surface area contributed by atoms with Crippen LogP contribution in [0.25, 0.3) is 0 Å². The summed E-state index contributed by atoms with van der Waals surface area (Å²) < 4.78 is 4.46. The number of nitrogens with zero attached hydrogens (tertiary/aromatic N) is 4. The van der Waals surface area contributed by atoms with Crippen molar-refractivity contribution in [3.05, 3.63) is 5.69 Å². The number of nitrogens with two attached hydrogens (primary N) is 1. The SMILES string of the molecule is CC(C)CN(CCN(C)C)C(=O)c1nonc1N. The predicted octanol–water partition coefficient (Wildman–Crippen LogP) is 0.312. The van der Waals surface area contributed by atoms with Gasteiger partial charge in [0.25, 0.3) is 5.91 Å². The predicted molar refractivity (Wildman–Crippen MR) is 68.0 cm³/mol. The van der Waals surface area contributed by atoms with Crippen LogP contribution in [0.2, 0.25) is 0 Å². The summed E-state index contributed by atoms with van der Waals surface area (Å²) in [5, 5.41) is 6.98. The maximum absolute atomic E-state index is 12.2. The van der Waals surface area contributed by atoms with Gasteiger partial charge in [-0.1, -0.05) is 13.8 Å². The Morgan fingerprint density at radius 2 is 2.00 bits per heavy atom. The van der Waals surface area contributed by atoms with E-state index in [0.29, 0.717) is 19.0 Å². The third kappa shape index (κ3) is 3.99. The second-order valence-electron chi connectivity index (χ2n) is 4.95. The summed E-state index contributed by atoms with van der Waals surface area (Å²) in [6.45, 7) is 6.17. The Morgan fingerprint density at radius 1 is 1.33 bits per heavy atom. The molecule has 2 N–H and O–H groups in total. The lowest BCUT2D eigenvalue weighted by molar-refractivity contribution is 0.0714. The van der Waals surface area contributed by atoms with Crippen molar-refractivity contribution in [2.75, 3.05) is 39.5 Å². The highest BCUT2D eigenvalue weighted by Crippen LogP contribution is 2.10. The lowest BCUT2D eigenvalue weighted by Gasteiger charge is -2.25. The van der Waals surface area contributed by atoms with Crippen LogP contribution >= 0.6 is 0 Å². The van der Waals surface area contributed by atoms with E-state index >= 15 is 0 Å². The second kappa shape index (κ2) is 6.34. The molecule has 0 fully saturated rings. The highest BCUT2D eigenvalue weighted by atomic mass is 16.6. The van der Waals surface area contributed by atoms with Crippen LogP contribution in [-0.4, -0.2) is 59.7 Å². The summed E-state index contributed by atoms with van der Waals surface area (Å²) in [7, 11) is 3.92. The van der Waals surface area contributed by atoms with Crippen LogP contribution in [0.4, 0.5) is 5.82 Å². The fourth-order valence-corrected chi connectivity index (χ4v) is 1.53. The first-order valence-corrected chi connectivity index (χ1v) is 5.93. The van der Waals surface area contributed by atoms with E-state index in [9.17, 15) is 4.79 Å². The Hall–Kier alpha value is -1.63. The summed E-state index contributed by atoms with van der Waals surface area (Å²) in [5.41, 5.74) is 5.63. The molecule has 0 bridgehead atoms. The first kappa shape index (κ1) is 14.4. The van der Waals surface area contributed by atoms with Crippen LogP contribution in [0, 0.1) is 5.92 Å². The molecule has 0 saturated carbocycles. The van der Waals surface area contributed by atoms with E-state index in [2.05, 4.69) is 28.8 Å². The molecule has 1 rings (SSSR count). The van der Waals surface area contributed by atoms with E-state index in [1.807, 2.05) is 19.0 Å². The number of hydrogen-bond donors (Lipinski definition) is 1. The largest absolute Gasteiger partial charge is 0.379 e. The van der Waals surface area contributed by atoms with Gasteiger partial charge in [0.15, 0.2) is 0 Å². The molecule has 102 valence electrons. The molecule has 1 heterocycles. The third-order valence-electron chi connectivity index (χ3n) is 2.41. The summed E-state index contributed by atoms with van der Waals surface area (Å²) in [6.07, 6.45) is 0. The molecule has 0 saturated heterocycles. The Balaban J connectivity index is 2.75. The van der Waals surface area contributed by atoms with Crippen LogP contribution in [0.3, 0.4) is 0 Å². The Labute approximate surface area is 107 Å². The number of rotatable bonds is 6. The quantitative estimate of drug-likeness (QED) is 0.787. The number of anilines is 1. The molecule has 0 aliphatic rings. The van der Waals surface area contributed by atoms with Crippen LogP contribution in [-0.2, 0) is 0 Å². The highest BCUT2D eigenvalue weighted by Gasteiger charge is 2.23. The third-order valence-corrected chi connectivity index (χ3v) is 2.41. The van der Waals surface area contributed by atoms with Gasteiger partial charge in [0.2, 0.25) is 11.5 Å². The molecule has 0 unspecified atom stereocenters. The number of amides is 1. The number of hydrogen-bond acceptors (Lipinski definition) is 6. The van der Waals surface area contributed by atoms with Crippen LogP contribution in [0.1, 0.15) is 24.3 Å². The molecule has 0 atom stereocenters. The molecule has 7 nitrogen and oxygen atoms in total. The van der Waals surface area contributed by atoms with Crippen molar-refractivity contribution < 1.29 is 9.42 Å². The zero-order chi connectivity index (χ0) is 13.7. The Bertz CT molecular complexity index is 389. The molecular formula is C11H21N5O2. The minimum absolute atomic E-state index is 0.0404. The highest BCUT2D eigenvalue weighted by molar-refractivity contribution is 5.96. The standard InChI is InChI=1S/C11H21N5O2/c1-8(2)7-16(6-5-15(3)4)11(17)9-10(12)14-18-13-9/h8H,5-7H2,1-4H3,(H2,12,14). The minimum Gasteiger partial charge on any atom is -0.379 e. The fourth-order valence-electron chi connectivity index (χ4n) is 1.53. The average Bonchev–Trinajstić information content (AvgIpc) is 2.69. The van der Waals surface area contributed by atoms with E-state index in [4.69, 9.17) is 5.73 Å². The number of nitrogen functional groups attached to an aromatic ring is 1. The van der Waals surface area contributed by atoms with E-state index in [-0.39, 0.29) is 17.4 Å². The van der Waals surface area contributed by atoms with Crippen LogP contribution < -0.4 is 5.73 Å². The molecule has 1 aromatic heterocycles. The van der Waals surface area contributed by atoms with Crippen molar-refractivity contribution in [2.24, 2.45) is 5.92 Å². The van der Waals surface area contributed by atoms with Crippen molar-refractivity contribution in [1.29, 1.82) is 0 Å². The minimum atomic E-state index is -0.232. The zero-order valence-corrected chi connectivity index (χ0v) is 11.4. The summed E-state index contributed by atoms with van der Waals surface area (Å²) in [4.78, 5) is 16.0. The molecule has 1 aromatic rings.